The van der Waals surface area contributed by atoms with E-state index in [-0.39, 0.29) is 5.84 Å². The second-order valence-electron chi connectivity index (χ2n) is 4.69. The van der Waals surface area contributed by atoms with Crippen LogP contribution >= 0.6 is 0 Å². The average molecular weight is 233 g/mol. The van der Waals surface area contributed by atoms with Gasteiger partial charge in [0, 0.05) is 19.0 Å². The highest BCUT2D eigenvalue weighted by atomic mass is 15.1. The summed E-state index contributed by atoms with van der Waals surface area (Å²) in [6.07, 6.45) is 1.67. The highest BCUT2D eigenvalue weighted by molar-refractivity contribution is 5.77. The van der Waals surface area contributed by atoms with Crippen molar-refractivity contribution in [3.05, 3.63) is 35.4 Å². The summed E-state index contributed by atoms with van der Waals surface area (Å²) in [7, 11) is 2.09. The minimum absolute atomic E-state index is 0.271. The quantitative estimate of drug-likeness (QED) is 0.586. The number of nitrogens with one attached hydrogen (secondary N) is 1. The van der Waals surface area contributed by atoms with Gasteiger partial charge in [0.1, 0.15) is 0 Å². The SMILES string of the molecule is CCC(CC(=N)N)N(C)Cc1ccc(C)cc1. The molecule has 0 aliphatic rings. The first kappa shape index (κ1) is 13.7. The Hall–Kier alpha value is -1.35. The first-order chi connectivity index (χ1) is 8.02. The van der Waals surface area contributed by atoms with Crippen LogP contribution in [0, 0.1) is 12.3 Å². The lowest BCUT2D eigenvalue weighted by molar-refractivity contribution is 0.232. The highest BCUT2D eigenvalue weighted by Gasteiger charge is 2.13. The molecular weight excluding hydrogens is 210 g/mol. The molecule has 0 fully saturated rings. The summed E-state index contributed by atoms with van der Waals surface area (Å²) in [4.78, 5) is 2.27. The molecule has 1 unspecified atom stereocenters. The van der Waals surface area contributed by atoms with Gasteiger partial charge in [-0.2, -0.15) is 0 Å². The smallest absolute Gasteiger partial charge is 0.0921 e. The molecule has 0 saturated heterocycles. The molecule has 0 bridgehead atoms. The van der Waals surface area contributed by atoms with E-state index in [4.69, 9.17) is 11.1 Å². The summed E-state index contributed by atoms with van der Waals surface area (Å²) in [6.45, 7) is 5.14. The number of benzene rings is 1. The third-order valence-electron chi connectivity index (χ3n) is 3.10. The molecule has 3 nitrogen and oxygen atoms in total. The van der Waals surface area contributed by atoms with E-state index in [0.717, 1.165) is 13.0 Å². The van der Waals surface area contributed by atoms with E-state index in [9.17, 15) is 0 Å². The predicted octanol–water partition coefficient (Wildman–Crippen LogP) is 2.53. The molecule has 3 heteroatoms. The largest absolute Gasteiger partial charge is 0.388 e. The third-order valence-corrected chi connectivity index (χ3v) is 3.10. The summed E-state index contributed by atoms with van der Waals surface area (Å²) in [6, 6.07) is 8.94. The molecule has 94 valence electrons. The second kappa shape index (κ2) is 6.40. The topological polar surface area (TPSA) is 53.1 Å². The molecule has 0 heterocycles. The lowest BCUT2D eigenvalue weighted by Crippen LogP contribution is -2.34. The van der Waals surface area contributed by atoms with Crippen molar-refractivity contribution < 1.29 is 0 Å². The standard InChI is InChI=1S/C14H23N3/c1-4-13(9-14(15)16)17(3)10-12-7-5-11(2)6-8-12/h5-8,13H,4,9-10H2,1-3H3,(H3,15,16). The van der Waals surface area contributed by atoms with Crippen LogP contribution in [0.4, 0.5) is 0 Å². The maximum absolute atomic E-state index is 7.38. The Labute approximate surface area is 104 Å². The van der Waals surface area contributed by atoms with Crippen LogP contribution in [-0.4, -0.2) is 23.8 Å². The molecule has 0 saturated carbocycles. The number of rotatable bonds is 6. The van der Waals surface area contributed by atoms with Gasteiger partial charge in [-0.25, -0.2) is 0 Å². The molecule has 0 radical (unpaired) electrons. The van der Waals surface area contributed by atoms with Crippen molar-refractivity contribution >= 4 is 5.84 Å². The zero-order chi connectivity index (χ0) is 12.8. The summed E-state index contributed by atoms with van der Waals surface area (Å²) >= 11 is 0. The van der Waals surface area contributed by atoms with Gasteiger partial charge < -0.3 is 5.73 Å². The van der Waals surface area contributed by atoms with Gasteiger partial charge >= 0.3 is 0 Å². The zero-order valence-electron chi connectivity index (χ0n) is 11.0. The lowest BCUT2D eigenvalue weighted by atomic mass is 10.1. The molecule has 1 aromatic carbocycles. The van der Waals surface area contributed by atoms with Crippen molar-refractivity contribution in [2.24, 2.45) is 5.73 Å². The van der Waals surface area contributed by atoms with Gasteiger partial charge in [-0.3, -0.25) is 10.3 Å². The van der Waals surface area contributed by atoms with Crippen molar-refractivity contribution in [1.82, 2.24) is 4.90 Å². The Morgan fingerprint density at radius 3 is 2.41 bits per heavy atom. The van der Waals surface area contributed by atoms with Crippen LogP contribution in [0.15, 0.2) is 24.3 Å². The summed E-state index contributed by atoms with van der Waals surface area (Å²) in [5.41, 5.74) is 8.07. The molecule has 0 aliphatic heterocycles. The van der Waals surface area contributed by atoms with Crippen LogP contribution < -0.4 is 5.73 Å². The molecule has 17 heavy (non-hydrogen) atoms. The van der Waals surface area contributed by atoms with Crippen molar-refractivity contribution in [2.45, 2.75) is 39.3 Å². The van der Waals surface area contributed by atoms with E-state index in [1.54, 1.807) is 0 Å². The fourth-order valence-corrected chi connectivity index (χ4v) is 1.98. The van der Waals surface area contributed by atoms with Crippen LogP contribution in [-0.2, 0) is 6.54 Å². The van der Waals surface area contributed by atoms with Gasteiger partial charge in [0.25, 0.3) is 0 Å². The first-order valence-electron chi connectivity index (χ1n) is 6.11. The Morgan fingerprint density at radius 1 is 1.35 bits per heavy atom. The van der Waals surface area contributed by atoms with E-state index in [0.29, 0.717) is 12.5 Å². The van der Waals surface area contributed by atoms with E-state index in [1.807, 2.05) is 0 Å². The minimum atomic E-state index is 0.271. The zero-order valence-corrected chi connectivity index (χ0v) is 11.0. The summed E-state index contributed by atoms with van der Waals surface area (Å²) in [5.74, 6) is 0.271. The molecule has 0 amide bonds. The molecule has 1 atom stereocenters. The second-order valence-corrected chi connectivity index (χ2v) is 4.69. The lowest BCUT2D eigenvalue weighted by Gasteiger charge is -2.26. The maximum atomic E-state index is 7.38. The van der Waals surface area contributed by atoms with E-state index in [2.05, 4.69) is 50.1 Å². The van der Waals surface area contributed by atoms with Crippen LogP contribution in [0.3, 0.4) is 0 Å². The molecule has 0 aliphatic carbocycles. The summed E-state index contributed by atoms with van der Waals surface area (Å²) < 4.78 is 0. The van der Waals surface area contributed by atoms with E-state index >= 15 is 0 Å². The number of hydrogen-bond donors (Lipinski definition) is 2. The van der Waals surface area contributed by atoms with Crippen LogP contribution in [0.5, 0.6) is 0 Å². The Balaban J connectivity index is 2.60. The fourth-order valence-electron chi connectivity index (χ4n) is 1.98. The molecule has 0 aromatic heterocycles. The van der Waals surface area contributed by atoms with Gasteiger partial charge in [0.2, 0.25) is 0 Å². The minimum Gasteiger partial charge on any atom is -0.388 e. The van der Waals surface area contributed by atoms with Crippen molar-refractivity contribution in [1.29, 1.82) is 5.41 Å². The van der Waals surface area contributed by atoms with Crippen molar-refractivity contribution in [2.75, 3.05) is 7.05 Å². The van der Waals surface area contributed by atoms with Gasteiger partial charge in [0.05, 0.1) is 5.84 Å². The number of aryl methyl sites for hydroxylation is 1. The fraction of sp³-hybridized carbons (Fsp3) is 0.500. The molecular formula is C14H23N3. The van der Waals surface area contributed by atoms with E-state index in [1.165, 1.54) is 11.1 Å². The Bertz CT molecular complexity index is 356. The van der Waals surface area contributed by atoms with Crippen LogP contribution in [0.25, 0.3) is 0 Å². The number of amidine groups is 1. The highest BCUT2D eigenvalue weighted by Crippen LogP contribution is 2.12. The van der Waals surface area contributed by atoms with Crippen molar-refractivity contribution in [3.8, 4) is 0 Å². The summed E-state index contributed by atoms with van der Waals surface area (Å²) in [5, 5.41) is 7.38. The monoisotopic (exact) mass is 233 g/mol. The van der Waals surface area contributed by atoms with Crippen LogP contribution in [0.1, 0.15) is 30.9 Å². The molecule has 1 aromatic rings. The molecule has 0 spiro atoms. The predicted molar refractivity (Wildman–Crippen MR) is 73.3 cm³/mol. The average Bonchev–Trinajstić information content (AvgIpc) is 2.28. The van der Waals surface area contributed by atoms with Gasteiger partial charge in [0.15, 0.2) is 0 Å². The first-order valence-corrected chi connectivity index (χ1v) is 6.11. The normalized spacial score (nSPS) is 12.7. The van der Waals surface area contributed by atoms with Gasteiger partial charge in [-0.05, 0) is 26.0 Å². The molecule has 1 rings (SSSR count). The number of hydrogen-bond acceptors (Lipinski definition) is 2. The van der Waals surface area contributed by atoms with Gasteiger partial charge in [-0.1, -0.05) is 36.8 Å². The third kappa shape index (κ3) is 4.57. The number of nitrogens with two attached hydrogens (primary N) is 1. The van der Waals surface area contributed by atoms with Gasteiger partial charge in [-0.15, -0.1) is 0 Å². The van der Waals surface area contributed by atoms with Crippen LogP contribution in [0.2, 0.25) is 0 Å². The number of nitrogens with zero attached hydrogens (tertiary/aromatic N) is 1. The van der Waals surface area contributed by atoms with E-state index < -0.39 is 0 Å². The van der Waals surface area contributed by atoms with Crippen molar-refractivity contribution in [3.63, 3.8) is 0 Å². The Kier molecular flexibility index (Phi) is 5.16. The molecule has 3 N–H and O–H groups in total. The Morgan fingerprint density at radius 2 is 1.94 bits per heavy atom. The maximum Gasteiger partial charge on any atom is 0.0921 e.